The van der Waals surface area contributed by atoms with Crippen LogP contribution in [-0.4, -0.2) is 68.1 Å². The molecule has 7 nitrogen and oxygen atoms in total. The van der Waals surface area contributed by atoms with Gasteiger partial charge in [-0.1, -0.05) is 32.9 Å². The van der Waals surface area contributed by atoms with E-state index in [2.05, 4.69) is 20.8 Å². The molecule has 0 aliphatic carbocycles. The van der Waals surface area contributed by atoms with Gasteiger partial charge in [-0.3, -0.25) is 9.59 Å². The highest BCUT2D eigenvalue weighted by Crippen LogP contribution is 2.26. The first-order chi connectivity index (χ1) is 15.6. The fourth-order valence-electron chi connectivity index (χ4n) is 3.79. The number of benzene rings is 2. The molecule has 33 heavy (non-hydrogen) atoms. The SMILES string of the molecule is COc1cc(OC)cc(C(=O)N2CCN(C(=O)C(C)Oc3ccc(C(C)(C)C)cc3)CC2)c1. The number of methoxy groups -OCH3 is 2. The third-order valence-corrected chi connectivity index (χ3v) is 5.86. The highest BCUT2D eigenvalue weighted by Gasteiger charge is 2.28. The molecule has 2 aromatic carbocycles. The zero-order valence-electron chi connectivity index (χ0n) is 20.4. The number of hydrogen-bond donors (Lipinski definition) is 0. The van der Waals surface area contributed by atoms with E-state index in [-0.39, 0.29) is 17.2 Å². The molecule has 1 atom stereocenters. The van der Waals surface area contributed by atoms with E-state index in [0.29, 0.717) is 49.0 Å². The standard InChI is InChI=1S/C26H34N2O5/c1-18(33-21-9-7-20(8-10-21)26(2,3)4)24(29)27-11-13-28(14-12-27)25(30)19-15-22(31-5)17-23(16-19)32-6/h7-10,15-18H,11-14H2,1-6H3. The lowest BCUT2D eigenvalue weighted by atomic mass is 9.87. The van der Waals surface area contributed by atoms with E-state index in [1.807, 2.05) is 24.3 Å². The Morgan fingerprint density at radius 3 is 1.82 bits per heavy atom. The Morgan fingerprint density at radius 2 is 1.33 bits per heavy atom. The summed E-state index contributed by atoms with van der Waals surface area (Å²) in [5.41, 5.74) is 1.78. The van der Waals surface area contributed by atoms with Gasteiger partial charge >= 0.3 is 0 Å². The average Bonchev–Trinajstić information content (AvgIpc) is 2.82. The highest BCUT2D eigenvalue weighted by atomic mass is 16.5. The van der Waals surface area contributed by atoms with Gasteiger partial charge < -0.3 is 24.0 Å². The van der Waals surface area contributed by atoms with Crippen molar-refractivity contribution in [3.63, 3.8) is 0 Å². The minimum Gasteiger partial charge on any atom is -0.497 e. The first-order valence-electron chi connectivity index (χ1n) is 11.2. The molecule has 0 spiro atoms. The van der Waals surface area contributed by atoms with Crippen molar-refractivity contribution in [1.29, 1.82) is 0 Å². The molecule has 0 radical (unpaired) electrons. The van der Waals surface area contributed by atoms with Gasteiger partial charge in [0.1, 0.15) is 17.2 Å². The minimum atomic E-state index is -0.601. The summed E-state index contributed by atoms with van der Waals surface area (Å²) in [4.78, 5) is 29.4. The van der Waals surface area contributed by atoms with Crippen molar-refractivity contribution in [2.45, 2.75) is 39.2 Å². The Kier molecular flexibility index (Phi) is 7.51. The second kappa shape index (κ2) is 10.1. The van der Waals surface area contributed by atoms with Crippen molar-refractivity contribution in [1.82, 2.24) is 9.80 Å². The van der Waals surface area contributed by atoms with E-state index >= 15 is 0 Å². The number of carbonyl (C=O) groups is 2. The number of carbonyl (C=O) groups excluding carboxylic acids is 2. The molecule has 2 aromatic rings. The quantitative estimate of drug-likeness (QED) is 0.665. The fourth-order valence-corrected chi connectivity index (χ4v) is 3.79. The monoisotopic (exact) mass is 454 g/mol. The smallest absolute Gasteiger partial charge is 0.263 e. The van der Waals surface area contributed by atoms with Crippen LogP contribution in [0.5, 0.6) is 17.2 Å². The topological polar surface area (TPSA) is 68.3 Å². The summed E-state index contributed by atoms with van der Waals surface area (Å²) < 4.78 is 16.4. The average molecular weight is 455 g/mol. The molecule has 1 fully saturated rings. The molecule has 0 N–H and O–H groups in total. The van der Waals surface area contributed by atoms with Gasteiger partial charge in [0, 0.05) is 37.8 Å². The van der Waals surface area contributed by atoms with Crippen LogP contribution >= 0.6 is 0 Å². The number of nitrogens with zero attached hydrogens (tertiary/aromatic N) is 2. The predicted molar refractivity (Wildman–Crippen MR) is 127 cm³/mol. The van der Waals surface area contributed by atoms with Crippen LogP contribution in [0.3, 0.4) is 0 Å². The molecule has 1 heterocycles. The third kappa shape index (κ3) is 5.97. The normalized spacial score (nSPS) is 15.1. The summed E-state index contributed by atoms with van der Waals surface area (Å²) in [6.07, 6.45) is -0.601. The number of rotatable bonds is 6. The molecule has 0 bridgehead atoms. The van der Waals surface area contributed by atoms with Crippen LogP contribution < -0.4 is 14.2 Å². The summed E-state index contributed by atoms with van der Waals surface area (Å²) >= 11 is 0. The van der Waals surface area contributed by atoms with Crippen LogP contribution in [0.4, 0.5) is 0 Å². The lowest BCUT2D eigenvalue weighted by Crippen LogP contribution is -2.53. The van der Waals surface area contributed by atoms with Gasteiger partial charge in [-0.05, 0) is 42.2 Å². The molecule has 1 aliphatic rings. The van der Waals surface area contributed by atoms with Crippen molar-refractivity contribution < 1.29 is 23.8 Å². The molecule has 1 unspecified atom stereocenters. The molecule has 2 amide bonds. The van der Waals surface area contributed by atoms with Crippen LogP contribution in [0.15, 0.2) is 42.5 Å². The Labute approximate surface area is 196 Å². The summed E-state index contributed by atoms with van der Waals surface area (Å²) in [7, 11) is 3.10. The zero-order chi connectivity index (χ0) is 24.2. The number of amides is 2. The summed E-state index contributed by atoms with van der Waals surface area (Å²) in [5, 5.41) is 0. The van der Waals surface area contributed by atoms with E-state index in [1.165, 1.54) is 5.56 Å². The number of hydrogen-bond acceptors (Lipinski definition) is 5. The van der Waals surface area contributed by atoms with E-state index in [0.717, 1.165) is 0 Å². The van der Waals surface area contributed by atoms with Crippen LogP contribution in [0.2, 0.25) is 0 Å². The second-order valence-corrected chi connectivity index (χ2v) is 9.25. The molecule has 1 aliphatic heterocycles. The van der Waals surface area contributed by atoms with Crippen molar-refractivity contribution in [3.8, 4) is 17.2 Å². The summed E-state index contributed by atoms with van der Waals surface area (Å²) in [6, 6.07) is 13.0. The van der Waals surface area contributed by atoms with Gasteiger partial charge in [-0.2, -0.15) is 0 Å². The van der Waals surface area contributed by atoms with E-state index < -0.39 is 6.10 Å². The molecule has 7 heteroatoms. The van der Waals surface area contributed by atoms with E-state index in [4.69, 9.17) is 14.2 Å². The van der Waals surface area contributed by atoms with Gasteiger partial charge in [0.05, 0.1) is 14.2 Å². The Hall–Kier alpha value is -3.22. The summed E-state index contributed by atoms with van der Waals surface area (Å²) in [5.74, 6) is 1.61. The predicted octanol–water partition coefficient (Wildman–Crippen LogP) is 3.75. The Balaban J connectivity index is 1.56. The fraction of sp³-hybridized carbons (Fsp3) is 0.462. The van der Waals surface area contributed by atoms with Crippen molar-refractivity contribution in [2.75, 3.05) is 40.4 Å². The van der Waals surface area contributed by atoms with Gasteiger partial charge in [-0.15, -0.1) is 0 Å². The minimum absolute atomic E-state index is 0.0626. The van der Waals surface area contributed by atoms with Gasteiger partial charge in [0.15, 0.2) is 6.10 Å². The van der Waals surface area contributed by atoms with Gasteiger partial charge in [0.2, 0.25) is 0 Å². The number of ether oxygens (including phenoxy) is 3. The Morgan fingerprint density at radius 1 is 0.818 bits per heavy atom. The van der Waals surface area contributed by atoms with Gasteiger partial charge in [0.25, 0.3) is 11.8 Å². The second-order valence-electron chi connectivity index (χ2n) is 9.25. The molecule has 0 aromatic heterocycles. The molecular formula is C26H34N2O5. The van der Waals surface area contributed by atoms with Gasteiger partial charge in [-0.25, -0.2) is 0 Å². The zero-order valence-corrected chi connectivity index (χ0v) is 20.4. The highest BCUT2D eigenvalue weighted by molar-refractivity contribution is 5.95. The van der Waals surface area contributed by atoms with E-state index in [9.17, 15) is 9.59 Å². The largest absolute Gasteiger partial charge is 0.497 e. The first-order valence-corrected chi connectivity index (χ1v) is 11.2. The lowest BCUT2D eigenvalue weighted by molar-refractivity contribution is -0.139. The van der Waals surface area contributed by atoms with E-state index in [1.54, 1.807) is 49.1 Å². The maximum atomic E-state index is 13.0. The molecular weight excluding hydrogens is 420 g/mol. The van der Waals surface area contributed by atoms with Crippen molar-refractivity contribution in [2.24, 2.45) is 0 Å². The Bertz CT molecular complexity index is 951. The molecule has 178 valence electrons. The molecule has 0 saturated carbocycles. The number of piperazine rings is 1. The molecule has 3 rings (SSSR count). The van der Waals surface area contributed by atoms with Crippen LogP contribution in [0, 0.1) is 0 Å². The maximum absolute atomic E-state index is 13.0. The summed E-state index contributed by atoms with van der Waals surface area (Å²) in [6.45, 7) is 10.1. The first kappa shape index (κ1) is 24.4. The van der Waals surface area contributed by atoms with Crippen LogP contribution in [0.25, 0.3) is 0 Å². The third-order valence-electron chi connectivity index (χ3n) is 5.86. The van der Waals surface area contributed by atoms with Crippen molar-refractivity contribution in [3.05, 3.63) is 53.6 Å². The van der Waals surface area contributed by atoms with Crippen LogP contribution in [-0.2, 0) is 10.2 Å². The van der Waals surface area contributed by atoms with Crippen LogP contribution in [0.1, 0.15) is 43.6 Å². The van der Waals surface area contributed by atoms with Crippen molar-refractivity contribution >= 4 is 11.8 Å². The lowest BCUT2D eigenvalue weighted by Gasteiger charge is -2.36. The maximum Gasteiger partial charge on any atom is 0.263 e. The molecule has 1 saturated heterocycles.